The van der Waals surface area contributed by atoms with E-state index in [1.165, 1.54) is 12.1 Å². The van der Waals surface area contributed by atoms with Crippen LogP contribution in [0.4, 0.5) is 0 Å². The molecule has 2 aliphatic rings. The summed E-state index contributed by atoms with van der Waals surface area (Å²) < 4.78 is 30.6. The maximum atomic E-state index is 13.3. The molecule has 176 valence electrons. The number of carboxylic acids is 1. The van der Waals surface area contributed by atoms with Gasteiger partial charge in [-0.3, -0.25) is 9.59 Å². The first-order valence-electron chi connectivity index (χ1n) is 10.5. The zero-order valence-electron chi connectivity index (χ0n) is 17.8. The Kier molecular flexibility index (Phi) is 6.73. The van der Waals surface area contributed by atoms with E-state index in [1.54, 1.807) is 35.2 Å². The number of amides is 1. The number of hydrogen-bond acceptors (Lipinski definition) is 5. The van der Waals surface area contributed by atoms with Gasteiger partial charge in [-0.05, 0) is 60.2 Å². The molecule has 1 aliphatic heterocycles. The number of carbonyl (C=O) groups is 2. The summed E-state index contributed by atoms with van der Waals surface area (Å²) in [6.07, 6.45) is 0.533. The highest BCUT2D eigenvalue weighted by Crippen LogP contribution is 2.45. The van der Waals surface area contributed by atoms with Crippen LogP contribution in [-0.2, 0) is 24.2 Å². The van der Waals surface area contributed by atoms with Gasteiger partial charge in [-0.15, -0.1) is 0 Å². The molecule has 0 radical (unpaired) electrons. The van der Waals surface area contributed by atoms with E-state index in [0.717, 1.165) is 24.7 Å². The van der Waals surface area contributed by atoms with Gasteiger partial charge in [0.1, 0.15) is 12.2 Å². The van der Waals surface area contributed by atoms with E-state index in [1.807, 2.05) is 0 Å². The molecule has 1 saturated carbocycles. The number of morpholine rings is 1. The second kappa shape index (κ2) is 9.25. The van der Waals surface area contributed by atoms with E-state index in [-0.39, 0.29) is 9.92 Å². The molecule has 1 saturated heterocycles. The number of benzene rings is 2. The summed E-state index contributed by atoms with van der Waals surface area (Å²) in [5, 5.41) is 10.1. The van der Waals surface area contributed by atoms with E-state index in [2.05, 4.69) is 0 Å². The van der Waals surface area contributed by atoms with Gasteiger partial charge in [-0.2, -0.15) is 0 Å². The van der Waals surface area contributed by atoms with Crippen molar-refractivity contribution < 1.29 is 27.9 Å². The average Bonchev–Trinajstić information content (AvgIpc) is 3.54. The Morgan fingerprint density at radius 1 is 1.09 bits per heavy atom. The molecule has 0 aromatic heterocycles. The minimum absolute atomic E-state index is 0.0175. The molecule has 4 rings (SSSR count). The molecule has 7 nitrogen and oxygen atoms in total. The third-order valence-corrected chi connectivity index (χ3v) is 7.43. The molecule has 1 heterocycles. The van der Waals surface area contributed by atoms with Crippen molar-refractivity contribution in [1.29, 1.82) is 0 Å². The quantitative estimate of drug-likeness (QED) is 0.594. The number of halogens is 2. The number of sulfone groups is 1. The van der Waals surface area contributed by atoms with Crippen LogP contribution in [0.15, 0.2) is 47.4 Å². The third kappa shape index (κ3) is 5.51. The van der Waals surface area contributed by atoms with E-state index >= 15 is 0 Å². The maximum Gasteiger partial charge on any atom is 0.306 e. The Hall–Kier alpha value is -2.13. The molecule has 10 heteroatoms. The first-order valence-corrected chi connectivity index (χ1v) is 13.1. The fourth-order valence-electron chi connectivity index (χ4n) is 4.11. The highest BCUT2D eigenvalue weighted by atomic mass is 35.5. The molecule has 1 amide bonds. The van der Waals surface area contributed by atoms with Gasteiger partial charge in [0, 0.05) is 22.8 Å². The predicted molar refractivity (Wildman–Crippen MR) is 123 cm³/mol. The van der Waals surface area contributed by atoms with Crippen molar-refractivity contribution in [2.24, 2.45) is 5.92 Å². The number of carboxylic acid groups (broad SMARTS) is 1. The summed E-state index contributed by atoms with van der Waals surface area (Å²) in [6.45, 7) is 0.460. The van der Waals surface area contributed by atoms with Crippen LogP contribution >= 0.6 is 23.2 Å². The van der Waals surface area contributed by atoms with Gasteiger partial charge in [-0.25, -0.2) is 8.42 Å². The molecular formula is C23H23Cl2NO6S. The van der Waals surface area contributed by atoms with Gasteiger partial charge in [0.05, 0.1) is 17.4 Å². The Morgan fingerprint density at radius 3 is 2.33 bits per heavy atom. The smallest absolute Gasteiger partial charge is 0.306 e. The van der Waals surface area contributed by atoms with Crippen molar-refractivity contribution in [3.63, 3.8) is 0 Å². The molecule has 2 fully saturated rings. The number of hydrogen-bond donors (Lipinski definition) is 1. The molecule has 1 N–H and O–H groups in total. The second-order valence-electron chi connectivity index (χ2n) is 8.57. The minimum Gasteiger partial charge on any atom is -0.481 e. The van der Waals surface area contributed by atoms with Gasteiger partial charge < -0.3 is 14.7 Å². The summed E-state index contributed by atoms with van der Waals surface area (Å²) in [6, 6.07) is 10.8. The Morgan fingerprint density at radius 2 is 1.76 bits per heavy atom. The maximum absolute atomic E-state index is 13.3. The van der Waals surface area contributed by atoms with Gasteiger partial charge in [0.25, 0.3) is 5.91 Å². The van der Waals surface area contributed by atoms with Gasteiger partial charge in [0.15, 0.2) is 9.84 Å². The number of aliphatic carboxylic acids is 1. The van der Waals surface area contributed by atoms with E-state index in [0.29, 0.717) is 23.0 Å². The molecule has 1 aliphatic carbocycles. The lowest BCUT2D eigenvalue weighted by Gasteiger charge is -2.45. The monoisotopic (exact) mass is 511 g/mol. The lowest BCUT2D eigenvalue weighted by molar-refractivity contribution is -0.179. The summed E-state index contributed by atoms with van der Waals surface area (Å²) in [4.78, 5) is 26.5. The molecule has 3 atom stereocenters. The van der Waals surface area contributed by atoms with Crippen LogP contribution in [0.2, 0.25) is 10.0 Å². The number of carbonyl (C=O) groups excluding carboxylic acids is 1. The molecular weight excluding hydrogens is 489 g/mol. The standard InChI is InChI=1S/C23H23Cl2NO6S/c1-33(30,31)18-9-15(8-17(25)10-18)22-21(14-4-6-16(24)7-5-14)26(12-13-2-3-13)23(29)19(32-22)11-20(27)28/h4-10,13,19,21-22H,2-3,11-12H2,1H3,(H,27,28)/t19-,21-,22-/m1/s1. The lowest BCUT2D eigenvalue weighted by Crippen LogP contribution is -2.52. The Bertz CT molecular complexity index is 1180. The minimum atomic E-state index is -3.57. The molecule has 0 spiro atoms. The van der Waals surface area contributed by atoms with Crippen LogP contribution in [0.3, 0.4) is 0 Å². The van der Waals surface area contributed by atoms with Gasteiger partial charge >= 0.3 is 5.97 Å². The zero-order chi connectivity index (χ0) is 23.9. The molecule has 2 aromatic rings. The van der Waals surface area contributed by atoms with Crippen molar-refractivity contribution in [2.45, 2.75) is 42.4 Å². The van der Waals surface area contributed by atoms with Crippen LogP contribution in [-0.4, -0.2) is 49.2 Å². The van der Waals surface area contributed by atoms with Crippen molar-refractivity contribution in [1.82, 2.24) is 4.90 Å². The lowest BCUT2D eigenvalue weighted by atomic mass is 9.91. The zero-order valence-corrected chi connectivity index (χ0v) is 20.1. The van der Waals surface area contributed by atoms with Gasteiger partial charge in [-0.1, -0.05) is 35.3 Å². The molecule has 0 unspecified atom stereocenters. The number of rotatable bonds is 7. The average molecular weight is 512 g/mol. The van der Waals surface area contributed by atoms with Crippen molar-refractivity contribution in [3.05, 3.63) is 63.6 Å². The fourth-order valence-corrected chi connectivity index (χ4v) is 5.23. The summed E-state index contributed by atoms with van der Waals surface area (Å²) in [5.41, 5.74) is 1.19. The largest absolute Gasteiger partial charge is 0.481 e. The highest BCUT2D eigenvalue weighted by molar-refractivity contribution is 7.90. The van der Waals surface area contributed by atoms with E-state index in [9.17, 15) is 23.1 Å². The molecule has 0 bridgehead atoms. The van der Waals surface area contributed by atoms with Crippen molar-refractivity contribution in [3.8, 4) is 0 Å². The highest BCUT2D eigenvalue weighted by Gasteiger charge is 2.46. The molecule has 33 heavy (non-hydrogen) atoms. The van der Waals surface area contributed by atoms with Crippen molar-refractivity contribution in [2.75, 3.05) is 12.8 Å². The first-order chi connectivity index (χ1) is 15.5. The van der Waals surface area contributed by atoms with Gasteiger partial charge in [0.2, 0.25) is 0 Å². The fraction of sp³-hybridized carbons (Fsp3) is 0.391. The third-order valence-electron chi connectivity index (χ3n) is 5.87. The number of nitrogens with zero attached hydrogens (tertiary/aromatic N) is 1. The summed E-state index contributed by atoms with van der Waals surface area (Å²) in [5.74, 6) is -1.23. The molecule has 2 aromatic carbocycles. The normalized spacial score (nSPS) is 23.5. The summed E-state index contributed by atoms with van der Waals surface area (Å²) >= 11 is 12.3. The van der Waals surface area contributed by atoms with Crippen LogP contribution in [0, 0.1) is 5.92 Å². The Labute approximate surface area is 202 Å². The van der Waals surface area contributed by atoms with E-state index < -0.39 is 46.4 Å². The van der Waals surface area contributed by atoms with E-state index in [4.69, 9.17) is 27.9 Å². The Balaban J connectivity index is 1.86. The first kappa shape index (κ1) is 24.0. The number of ether oxygens (including phenoxy) is 1. The van der Waals surface area contributed by atoms with Crippen LogP contribution < -0.4 is 0 Å². The summed E-state index contributed by atoms with van der Waals surface area (Å²) in [7, 11) is -3.57. The second-order valence-corrected chi connectivity index (χ2v) is 11.5. The van der Waals surface area contributed by atoms with Crippen molar-refractivity contribution >= 4 is 44.9 Å². The predicted octanol–water partition coefficient (Wildman–Crippen LogP) is 4.29. The van der Waals surface area contributed by atoms with Crippen LogP contribution in [0.5, 0.6) is 0 Å². The van der Waals surface area contributed by atoms with Crippen LogP contribution in [0.25, 0.3) is 0 Å². The SMILES string of the molecule is CS(=O)(=O)c1cc(Cl)cc([C@H]2O[C@H](CC(=O)O)C(=O)N(CC3CC3)[C@@H]2c2ccc(Cl)cc2)c1. The van der Waals surface area contributed by atoms with Crippen LogP contribution in [0.1, 0.15) is 42.5 Å². The topological polar surface area (TPSA) is 101 Å².